The van der Waals surface area contributed by atoms with Gasteiger partial charge in [-0.2, -0.15) is 4.98 Å². The van der Waals surface area contributed by atoms with E-state index in [0.717, 1.165) is 35.5 Å². The average Bonchev–Trinajstić information content (AvgIpc) is 2.61. The van der Waals surface area contributed by atoms with Crippen LogP contribution in [0.3, 0.4) is 0 Å². The molecule has 15 heavy (non-hydrogen) atoms. The summed E-state index contributed by atoms with van der Waals surface area (Å²) < 4.78 is 0. The summed E-state index contributed by atoms with van der Waals surface area (Å²) in [5.74, 6) is 1.60. The standard InChI is InChI=1S/C10H15N5/c1-4-5-7-13-8-6(2)12-10(11-3)15-9(8)14-7/h4-5H2,1-3H3,(H2,11,12,13,14,15). The number of nitrogens with zero attached hydrogens (tertiary/aromatic N) is 3. The van der Waals surface area contributed by atoms with Crippen LogP contribution < -0.4 is 5.32 Å². The average molecular weight is 205 g/mol. The zero-order chi connectivity index (χ0) is 10.8. The molecule has 2 rings (SSSR count). The van der Waals surface area contributed by atoms with Gasteiger partial charge >= 0.3 is 0 Å². The first-order chi connectivity index (χ1) is 7.24. The maximum absolute atomic E-state index is 4.43. The SMILES string of the molecule is CCCc1nc2nc(NC)nc(C)c2[nH]1. The second-order valence-electron chi connectivity index (χ2n) is 3.51. The van der Waals surface area contributed by atoms with Gasteiger partial charge in [-0.05, 0) is 13.3 Å². The van der Waals surface area contributed by atoms with Crippen molar-refractivity contribution in [2.75, 3.05) is 12.4 Å². The minimum absolute atomic E-state index is 0.620. The Kier molecular flexibility index (Phi) is 2.53. The molecule has 2 aromatic heterocycles. The zero-order valence-corrected chi connectivity index (χ0v) is 9.26. The lowest BCUT2D eigenvalue weighted by Crippen LogP contribution is -1.98. The van der Waals surface area contributed by atoms with Gasteiger partial charge in [-0.15, -0.1) is 0 Å². The van der Waals surface area contributed by atoms with E-state index in [1.54, 1.807) is 7.05 Å². The molecular formula is C10H15N5. The predicted molar refractivity (Wildman–Crippen MR) is 60.0 cm³/mol. The van der Waals surface area contributed by atoms with E-state index >= 15 is 0 Å². The summed E-state index contributed by atoms with van der Waals surface area (Å²) >= 11 is 0. The summed E-state index contributed by atoms with van der Waals surface area (Å²) in [5, 5.41) is 2.93. The van der Waals surface area contributed by atoms with Gasteiger partial charge in [0.05, 0.1) is 5.69 Å². The van der Waals surface area contributed by atoms with Crippen LogP contribution in [0.25, 0.3) is 11.2 Å². The van der Waals surface area contributed by atoms with E-state index in [1.165, 1.54) is 0 Å². The normalized spacial score (nSPS) is 10.9. The number of aromatic nitrogens is 4. The fourth-order valence-electron chi connectivity index (χ4n) is 1.55. The van der Waals surface area contributed by atoms with E-state index in [4.69, 9.17) is 0 Å². The van der Waals surface area contributed by atoms with Gasteiger partial charge in [0.2, 0.25) is 5.95 Å². The van der Waals surface area contributed by atoms with E-state index in [-0.39, 0.29) is 0 Å². The number of nitrogens with one attached hydrogen (secondary N) is 2. The van der Waals surface area contributed by atoms with Crippen molar-refractivity contribution in [3.8, 4) is 0 Å². The minimum atomic E-state index is 0.620. The second-order valence-corrected chi connectivity index (χ2v) is 3.51. The number of hydrogen-bond acceptors (Lipinski definition) is 4. The summed E-state index contributed by atoms with van der Waals surface area (Å²) in [7, 11) is 1.81. The van der Waals surface area contributed by atoms with Crippen LogP contribution in [-0.4, -0.2) is 27.0 Å². The first-order valence-electron chi connectivity index (χ1n) is 5.15. The van der Waals surface area contributed by atoms with Crippen molar-refractivity contribution < 1.29 is 0 Å². The molecule has 2 N–H and O–H groups in total. The highest BCUT2D eigenvalue weighted by molar-refractivity contribution is 5.74. The molecule has 0 fully saturated rings. The molecule has 2 heterocycles. The van der Waals surface area contributed by atoms with Gasteiger partial charge in [-0.1, -0.05) is 6.92 Å². The highest BCUT2D eigenvalue weighted by Crippen LogP contribution is 2.15. The number of hydrogen-bond donors (Lipinski definition) is 2. The summed E-state index contributed by atoms with van der Waals surface area (Å²) in [6.07, 6.45) is 2.02. The van der Waals surface area contributed by atoms with Gasteiger partial charge in [0.1, 0.15) is 11.3 Å². The molecule has 0 spiro atoms. The predicted octanol–water partition coefficient (Wildman–Crippen LogP) is 1.66. The molecule has 0 atom stereocenters. The molecule has 0 bridgehead atoms. The van der Waals surface area contributed by atoms with Crippen LogP contribution in [0, 0.1) is 6.92 Å². The number of anilines is 1. The molecule has 5 nitrogen and oxygen atoms in total. The molecule has 0 aromatic carbocycles. The molecule has 80 valence electrons. The minimum Gasteiger partial charge on any atom is -0.357 e. The summed E-state index contributed by atoms with van der Waals surface area (Å²) in [6, 6.07) is 0. The highest BCUT2D eigenvalue weighted by atomic mass is 15.1. The molecule has 0 aliphatic rings. The maximum Gasteiger partial charge on any atom is 0.224 e. The van der Waals surface area contributed by atoms with Gasteiger partial charge in [-0.25, -0.2) is 9.97 Å². The highest BCUT2D eigenvalue weighted by Gasteiger charge is 2.08. The van der Waals surface area contributed by atoms with Gasteiger partial charge < -0.3 is 10.3 Å². The molecule has 0 aliphatic heterocycles. The van der Waals surface area contributed by atoms with Crippen LogP contribution in [0.15, 0.2) is 0 Å². The maximum atomic E-state index is 4.43. The monoisotopic (exact) mass is 205 g/mol. The smallest absolute Gasteiger partial charge is 0.224 e. The van der Waals surface area contributed by atoms with Crippen LogP contribution in [0.2, 0.25) is 0 Å². The van der Waals surface area contributed by atoms with Crippen molar-refractivity contribution in [3.63, 3.8) is 0 Å². The topological polar surface area (TPSA) is 66.5 Å². The Morgan fingerprint density at radius 1 is 1.27 bits per heavy atom. The first-order valence-corrected chi connectivity index (χ1v) is 5.15. The fourth-order valence-corrected chi connectivity index (χ4v) is 1.55. The largest absolute Gasteiger partial charge is 0.357 e. The Bertz CT molecular complexity index is 474. The lowest BCUT2D eigenvalue weighted by atomic mass is 10.3. The number of aryl methyl sites for hydroxylation is 2. The molecule has 0 saturated heterocycles. The van der Waals surface area contributed by atoms with Crippen LogP contribution in [-0.2, 0) is 6.42 Å². The Morgan fingerprint density at radius 2 is 2.07 bits per heavy atom. The molecule has 0 aliphatic carbocycles. The van der Waals surface area contributed by atoms with Crippen molar-refractivity contribution in [3.05, 3.63) is 11.5 Å². The van der Waals surface area contributed by atoms with Crippen molar-refractivity contribution in [1.29, 1.82) is 0 Å². The van der Waals surface area contributed by atoms with Crippen molar-refractivity contribution in [1.82, 2.24) is 19.9 Å². The molecular weight excluding hydrogens is 190 g/mol. The lowest BCUT2D eigenvalue weighted by Gasteiger charge is -1.98. The quantitative estimate of drug-likeness (QED) is 0.799. The Labute approximate surface area is 88.4 Å². The Hall–Kier alpha value is -1.65. The molecule has 0 saturated carbocycles. The number of imidazole rings is 1. The van der Waals surface area contributed by atoms with Crippen molar-refractivity contribution in [2.45, 2.75) is 26.7 Å². The summed E-state index contributed by atoms with van der Waals surface area (Å²) in [6.45, 7) is 4.09. The van der Waals surface area contributed by atoms with Gasteiger partial charge in [0.15, 0.2) is 5.65 Å². The number of fused-ring (bicyclic) bond motifs is 1. The van der Waals surface area contributed by atoms with E-state index < -0.39 is 0 Å². The molecule has 5 heteroatoms. The third kappa shape index (κ3) is 1.77. The third-order valence-electron chi connectivity index (χ3n) is 2.29. The third-order valence-corrected chi connectivity index (χ3v) is 2.29. The van der Waals surface area contributed by atoms with Crippen LogP contribution in [0.1, 0.15) is 24.9 Å². The number of aromatic amines is 1. The van der Waals surface area contributed by atoms with Gasteiger partial charge in [0.25, 0.3) is 0 Å². The van der Waals surface area contributed by atoms with Crippen LogP contribution >= 0.6 is 0 Å². The van der Waals surface area contributed by atoms with Gasteiger partial charge in [-0.3, -0.25) is 0 Å². The zero-order valence-electron chi connectivity index (χ0n) is 9.26. The Balaban J connectivity index is 2.54. The van der Waals surface area contributed by atoms with E-state index in [1.807, 2.05) is 6.92 Å². The van der Waals surface area contributed by atoms with E-state index in [2.05, 4.69) is 32.2 Å². The number of rotatable bonds is 3. The molecule has 0 radical (unpaired) electrons. The summed E-state index contributed by atoms with van der Waals surface area (Å²) in [4.78, 5) is 16.3. The van der Waals surface area contributed by atoms with E-state index in [0.29, 0.717) is 5.95 Å². The molecule has 2 aromatic rings. The van der Waals surface area contributed by atoms with Gasteiger partial charge in [0, 0.05) is 13.5 Å². The first kappa shape index (κ1) is 9.89. The number of H-pyrrole nitrogens is 1. The van der Waals surface area contributed by atoms with Crippen molar-refractivity contribution >= 4 is 17.1 Å². The fraction of sp³-hybridized carbons (Fsp3) is 0.500. The molecule has 0 amide bonds. The van der Waals surface area contributed by atoms with Crippen LogP contribution in [0.5, 0.6) is 0 Å². The summed E-state index contributed by atoms with van der Waals surface area (Å²) in [5.41, 5.74) is 2.62. The van der Waals surface area contributed by atoms with Crippen LogP contribution in [0.4, 0.5) is 5.95 Å². The van der Waals surface area contributed by atoms with Crippen molar-refractivity contribution in [2.24, 2.45) is 0 Å². The van der Waals surface area contributed by atoms with E-state index in [9.17, 15) is 0 Å². The lowest BCUT2D eigenvalue weighted by molar-refractivity contribution is 0.860. The molecule has 0 unspecified atom stereocenters. The second kappa shape index (κ2) is 3.84. The Morgan fingerprint density at radius 3 is 2.73 bits per heavy atom.